The van der Waals surface area contributed by atoms with E-state index in [2.05, 4.69) is 34.4 Å². The Morgan fingerprint density at radius 1 is 1.00 bits per heavy atom. The molecule has 0 spiro atoms. The lowest BCUT2D eigenvalue weighted by molar-refractivity contribution is 1.07. The maximum absolute atomic E-state index is 6.16. The maximum Gasteiger partial charge on any atom is 0.150 e. The number of halogens is 1. The first kappa shape index (κ1) is 14.7. The van der Waals surface area contributed by atoms with Crippen molar-refractivity contribution in [1.29, 1.82) is 0 Å². The third-order valence-corrected chi connectivity index (χ3v) is 4.35. The van der Waals surface area contributed by atoms with Crippen LogP contribution in [0.4, 0.5) is 5.82 Å². The summed E-state index contributed by atoms with van der Waals surface area (Å²) in [4.78, 5) is 8.63. The highest BCUT2D eigenvalue weighted by Crippen LogP contribution is 2.34. The summed E-state index contributed by atoms with van der Waals surface area (Å²) in [7, 11) is 0. The van der Waals surface area contributed by atoms with E-state index in [9.17, 15) is 0 Å². The number of aromatic nitrogens is 3. The number of nitrogens with zero attached hydrogens (tertiary/aromatic N) is 3. The van der Waals surface area contributed by atoms with Crippen LogP contribution in [0.3, 0.4) is 0 Å². The van der Waals surface area contributed by atoms with Crippen molar-refractivity contribution >= 4 is 28.5 Å². The predicted molar refractivity (Wildman–Crippen MR) is 98.3 cm³/mol. The van der Waals surface area contributed by atoms with Gasteiger partial charge in [0, 0.05) is 23.3 Å². The lowest BCUT2D eigenvalue weighted by atomic mass is 10.1. The molecule has 2 aromatic carbocycles. The number of hydrogen-bond donors (Lipinski definition) is 1. The molecule has 0 saturated heterocycles. The molecule has 0 saturated carbocycles. The van der Waals surface area contributed by atoms with Crippen LogP contribution >= 0.6 is 11.6 Å². The molecular formula is C19H15ClN4. The Morgan fingerprint density at radius 2 is 1.83 bits per heavy atom. The smallest absolute Gasteiger partial charge is 0.150 e. The molecule has 0 aliphatic rings. The van der Waals surface area contributed by atoms with E-state index < -0.39 is 0 Å². The van der Waals surface area contributed by atoms with Crippen LogP contribution in [-0.4, -0.2) is 14.5 Å². The van der Waals surface area contributed by atoms with Gasteiger partial charge >= 0.3 is 0 Å². The molecule has 4 rings (SSSR count). The van der Waals surface area contributed by atoms with E-state index in [-0.39, 0.29) is 0 Å². The van der Waals surface area contributed by atoms with Crippen molar-refractivity contribution in [2.75, 3.05) is 5.73 Å². The summed E-state index contributed by atoms with van der Waals surface area (Å²) in [6, 6.07) is 18.2. The Labute approximate surface area is 144 Å². The van der Waals surface area contributed by atoms with Gasteiger partial charge in [-0.15, -0.1) is 11.6 Å². The molecule has 0 unspecified atom stereocenters. The Balaban J connectivity index is 2.02. The van der Waals surface area contributed by atoms with Gasteiger partial charge < -0.3 is 10.3 Å². The minimum absolute atomic E-state index is 0.468. The van der Waals surface area contributed by atoms with Crippen molar-refractivity contribution < 1.29 is 0 Å². The molecular weight excluding hydrogens is 320 g/mol. The number of anilines is 1. The average molecular weight is 335 g/mol. The molecule has 0 amide bonds. The van der Waals surface area contributed by atoms with Crippen LogP contribution in [0.15, 0.2) is 67.1 Å². The third kappa shape index (κ3) is 2.41. The van der Waals surface area contributed by atoms with E-state index in [1.807, 2.05) is 41.0 Å². The molecule has 0 radical (unpaired) electrons. The van der Waals surface area contributed by atoms with Gasteiger partial charge in [-0.25, -0.2) is 9.97 Å². The number of nitrogen functional groups attached to an aromatic ring is 1. The zero-order valence-electron chi connectivity index (χ0n) is 12.9. The maximum atomic E-state index is 6.16. The quantitative estimate of drug-likeness (QED) is 0.565. The van der Waals surface area contributed by atoms with Gasteiger partial charge in [0.25, 0.3) is 0 Å². The molecule has 2 heterocycles. The first-order valence-corrected chi connectivity index (χ1v) is 8.13. The highest BCUT2D eigenvalue weighted by Gasteiger charge is 2.15. The summed E-state index contributed by atoms with van der Waals surface area (Å²) in [6.45, 7) is 0. The fraction of sp³-hybridized carbons (Fsp3) is 0.0526. The fourth-order valence-electron chi connectivity index (χ4n) is 2.91. The second kappa shape index (κ2) is 5.98. The van der Waals surface area contributed by atoms with Gasteiger partial charge in [-0.05, 0) is 23.3 Å². The lowest BCUT2D eigenvalue weighted by Crippen LogP contribution is -1.97. The van der Waals surface area contributed by atoms with E-state index >= 15 is 0 Å². The number of hydrogen-bond acceptors (Lipinski definition) is 3. The number of benzene rings is 2. The number of nitrogens with two attached hydrogens (primary N) is 1. The molecule has 2 aromatic heterocycles. The van der Waals surface area contributed by atoms with Gasteiger partial charge in [-0.1, -0.05) is 42.5 Å². The Bertz CT molecular complexity index is 1010. The van der Waals surface area contributed by atoms with E-state index in [1.54, 1.807) is 0 Å². The normalized spacial score (nSPS) is 11.0. The highest BCUT2D eigenvalue weighted by molar-refractivity contribution is 6.17. The van der Waals surface area contributed by atoms with E-state index in [4.69, 9.17) is 17.3 Å². The van der Waals surface area contributed by atoms with Gasteiger partial charge in [-0.2, -0.15) is 0 Å². The molecule has 4 aromatic rings. The monoisotopic (exact) mass is 334 g/mol. The van der Waals surface area contributed by atoms with Crippen LogP contribution in [0.2, 0.25) is 0 Å². The summed E-state index contributed by atoms with van der Waals surface area (Å²) in [5.74, 6) is 0.946. The summed E-state index contributed by atoms with van der Waals surface area (Å²) < 4.78 is 2.03. The van der Waals surface area contributed by atoms with Crippen LogP contribution in [-0.2, 0) is 5.88 Å². The SMILES string of the molecule is Nc1ncnc2c1c(-c1ccccc1)cn2-c1cccc(CCl)c1. The molecule has 0 aliphatic heterocycles. The lowest BCUT2D eigenvalue weighted by Gasteiger charge is -2.06. The minimum Gasteiger partial charge on any atom is -0.383 e. The zero-order valence-corrected chi connectivity index (χ0v) is 13.6. The van der Waals surface area contributed by atoms with Crippen LogP contribution in [0.25, 0.3) is 27.8 Å². The number of alkyl halides is 1. The molecule has 4 nitrogen and oxygen atoms in total. The van der Waals surface area contributed by atoms with Crippen molar-refractivity contribution in [3.8, 4) is 16.8 Å². The van der Waals surface area contributed by atoms with Gasteiger partial charge in [0.2, 0.25) is 0 Å². The summed E-state index contributed by atoms with van der Waals surface area (Å²) in [6.07, 6.45) is 3.55. The van der Waals surface area contributed by atoms with Crippen molar-refractivity contribution in [1.82, 2.24) is 14.5 Å². The number of fused-ring (bicyclic) bond motifs is 1. The predicted octanol–water partition coefficient (Wildman–Crippen LogP) is 4.41. The van der Waals surface area contributed by atoms with Crippen LogP contribution in [0, 0.1) is 0 Å². The Kier molecular flexibility index (Phi) is 3.67. The first-order chi connectivity index (χ1) is 11.8. The van der Waals surface area contributed by atoms with Gasteiger partial charge in [0.1, 0.15) is 12.1 Å². The van der Waals surface area contributed by atoms with Crippen molar-refractivity contribution in [3.63, 3.8) is 0 Å². The number of rotatable bonds is 3. The average Bonchev–Trinajstić information content (AvgIpc) is 3.04. The Hall–Kier alpha value is -2.85. The molecule has 118 valence electrons. The van der Waals surface area contributed by atoms with E-state index in [0.29, 0.717) is 11.7 Å². The van der Waals surface area contributed by atoms with Gasteiger partial charge in [0.15, 0.2) is 5.65 Å². The van der Waals surface area contributed by atoms with Crippen LogP contribution < -0.4 is 5.73 Å². The second-order valence-electron chi connectivity index (χ2n) is 5.54. The standard InChI is InChI=1S/C19H15ClN4/c20-10-13-5-4-8-15(9-13)24-11-16(14-6-2-1-3-7-14)17-18(21)22-12-23-19(17)24/h1-9,11-12H,10H2,(H2,21,22,23). The topological polar surface area (TPSA) is 56.7 Å². The fourth-order valence-corrected chi connectivity index (χ4v) is 3.07. The summed E-state index contributed by atoms with van der Waals surface area (Å²) in [5, 5.41) is 0.861. The van der Waals surface area contributed by atoms with Crippen LogP contribution in [0.5, 0.6) is 0 Å². The third-order valence-electron chi connectivity index (χ3n) is 4.04. The van der Waals surface area contributed by atoms with Crippen molar-refractivity contribution in [2.45, 2.75) is 5.88 Å². The molecule has 0 bridgehead atoms. The molecule has 5 heteroatoms. The van der Waals surface area contributed by atoms with E-state index in [1.165, 1.54) is 6.33 Å². The van der Waals surface area contributed by atoms with Crippen molar-refractivity contribution in [2.24, 2.45) is 0 Å². The van der Waals surface area contributed by atoms with Crippen molar-refractivity contribution in [3.05, 3.63) is 72.7 Å². The zero-order chi connectivity index (χ0) is 16.5. The second-order valence-corrected chi connectivity index (χ2v) is 5.81. The summed E-state index contributed by atoms with van der Waals surface area (Å²) >= 11 is 5.98. The van der Waals surface area contributed by atoms with E-state index in [0.717, 1.165) is 33.4 Å². The summed E-state index contributed by atoms with van der Waals surface area (Å²) in [5.41, 5.74) is 11.1. The van der Waals surface area contributed by atoms with Crippen LogP contribution in [0.1, 0.15) is 5.56 Å². The molecule has 0 aliphatic carbocycles. The molecule has 0 atom stereocenters. The molecule has 0 fully saturated rings. The van der Waals surface area contributed by atoms with Gasteiger partial charge in [-0.3, -0.25) is 0 Å². The molecule has 2 N–H and O–H groups in total. The Morgan fingerprint density at radius 3 is 2.62 bits per heavy atom. The highest BCUT2D eigenvalue weighted by atomic mass is 35.5. The molecule has 24 heavy (non-hydrogen) atoms. The van der Waals surface area contributed by atoms with Gasteiger partial charge in [0.05, 0.1) is 5.39 Å². The minimum atomic E-state index is 0.468. The largest absolute Gasteiger partial charge is 0.383 e. The first-order valence-electron chi connectivity index (χ1n) is 7.60.